The minimum Gasteiger partial charge on any atom is -0.478 e. The van der Waals surface area contributed by atoms with Crippen molar-refractivity contribution in [1.82, 2.24) is 0 Å². The third-order valence-corrected chi connectivity index (χ3v) is 4.28. The van der Waals surface area contributed by atoms with E-state index < -0.39 is 5.97 Å². The Labute approximate surface area is 116 Å². The van der Waals surface area contributed by atoms with E-state index >= 15 is 0 Å². The lowest BCUT2D eigenvalue weighted by atomic mass is 10.00. The Kier molecular flexibility index (Phi) is 2.85. The van der Waals surface area contributed by atoms with Gasteiger partial charge < -0.3 is 5.11 Å². The van der Waals surface area contributed by atoms with Gasteiger partial charge in [-0.3, -0.25) is 9.59 Å². The first-order valence-corrected chi connectivity index (χ1v) is 6.72. The van der Waals surface area contributed by atoms with Crippen molar-refractivity contribution in [3.8, 4) is 0 Å². The summed E-state index contributed by atoms with van der Waals surface area (Å²) >= 11 is 0. The van der Waals surface area contributed by atoms with E-state index in [-0.39, 0.29) is 29.2 Å². The molecule has 0 spiro atoms. The Morgan fingerprint density at radius 3 is 2.30 bits per heavy atom. The first-order valence-electron chi connectivity index (χ1n) is 6.72. The third-order valence-electron chi connectivity index (χ3n) is 4.28. The number of nitrogens with zero attached hydrogens (tertiary/aromatic N) is 1. The van der Waals surface area contributed by atoms with Crippen LogP contribution in [0, 0.1) is 18.8 Å². The molecule has 0 aromatic heterocycles. The number of anilines is 1. The zero-order valence-electron chi connectivity index (χ0n) is 11.1. The molecule has 104 valence electrons. The predicted octanol–water partition coefficient (Wildman–Crippen LogP) is 1.98. The van der Waals surface area contributed by atoms with Crippen LogP contribution in [-0.4, -0.2) is 22.9 Å². The lowest BCUT2D eigenvalue weighted by Gasteiger charge is -2.18. The number of carbonyl (C=O) groups excluding carboxylic acids is 2. The van der Waals surface area contributed by atoms with E-state index in [4.69, 9.17) is 5.11 Å². The molecular formula is C15H15NO4. The van der Waals surface area contributed by atoms with Gasteiger partial charge >= 0.3 is 5.97 Å². The predicted molar refractivity (Wildman–Crippen MR) is 71.5 cm³/mol. The molecule has 2 amide bonds. The highest BCUT2D eigenvalue weighted by Gasteiger charge is 2.50. The molecule has 1 saturated carbocycles. The Bertz CT molecular complexity index is 600. The van der Waals surface area contributed by atoms with Gasteiger partial charge in [0.25, 0.3) is 0 Å². The van der Waals surface area contributed by atoms with Crippen LogP contribution in [0.25, 0.3) is 0 Å². The molecule has 1 aromatic carbocycles. The summed E-state index contributed by atoms with van der Waals surface area (Å²) in [6, 6.07) is 4.47. The van der Waals surface area contributed by atoms with Crippen molar-refractivity contribution in [2.24, 2.45) is 11.8 Å². The topological polar surface area (TPSA) is 74.7 Å². The maximum absolute atomic E-state index is 12.4. The summed E-state index contributed by atoms with van der Waals surface area (Å²) in [7, 11) is 0. The van der Waals surface area contributed by atoms with Crippen molar-refractivity contribution in [1.29, 1.82) is 0 Å². The highest BCUT2D eigenvalue weighted by molar-refractivity contribution is 6.22. The number of benzene rings is 1. The van der Waals surface area contributed by atoms with Gasteiger partial charge in [-0.15, -0.1) is 0 Å². The summed E-state index contributed by atoms with van der Waals surface area (Å²) in [5, 5.41) is 8.95. The molecule has 5 heteroatoms. The number of fused-ring (bicyclic) bond motifs is 1. The van der Waals surface area contributed by atoms with Crippen LogP contribution in [0.2, 0.25) is 0 Å². The Morgan fingerprint density at radius 2 is 1.80 bits per heavy atom. The van der Waals surface area contributed by atoms with Crippen molar-refractivity contribution in [2.75, 3.05) is 4.90 Å². The summed E-state index contributed by atoms with van der Waals surface area (Å²) in [5.74, 6) is -1.65. The van der Waals surface area contributed by atoms with E-state index in [0.29, 0.717) is 11.3 Å². The van der Waals surface area contributed by atoms with Gasteiger partial charge in [-0.05, 0) is 43.5 Å². The summed E-state index contributed by atoms with van der Waals surface area (Å²) in [6.45, 7) is 1.72. The van der Waals surface area contributed by atoms with Gasteiger partial charge in [0.2, 0.25) is 11.8 Å². The normalized spacial score (nSPS) is 25.1. The van der Waals surface area contributed by atoms with Gasteiger partial charge in [0.15, 0.2) is 0 Å². The van der Waals surface area contributed by atoms with E-state index in [9.17, 15) is 14.4 Å². The van der Waals surface area contributed by atoms with Crippen molar-refractivity contribution >= 4 is 23.5 Å². The van der Waals surface area contributed by atoms with E-state index in [1.807, 2.05) is 0 Å². The number of hydrogen-bond acceptors (Lipinski definition) is 3. The highest BCUT2D eigenvalue weighted by Crippen LogP contribution is 2.42. The minimum absolute atomic E-state index is 0.135. The molecule has 2 aliphatic rings. The van der Waals surface area contributed by atoms with E-state index in [2.05, 4.69) is 0 Å². The monoisotopic (exact) mass is 273 g/mol. The molecule has 1 aliphatic heterocycles. The molecule has 1 heterocycles. The highest BCUT2D eigenvalue weighted by atomic mass is 16.4. The summed E-state index contributed by atoms with van der Waals surface area (Å²) in [4.78, 5) is 36.9. The van der Waals surface area contributed by atoms with Crippen LogP contribution in [0.5, 0.6) is 0 Å². The number of carboxylic acids is 1. The van der Waals surface area contributed by atoms with Gasteiger partial charge in [-0.1, -0.05) is 6.42 Å². The number of rotatable bonds is 2. The molecule has 1 saturated heterocycles. The Hall–Kier alpha value is -2.17. The average molecular weight is 273 g/mol. The SMILES string of the molecule is Cc1cc(C(=O)O)ccc1N1C(=O)C2CCCC2C1=O. The summed E-state index contributed by atoms with van der Waals surface area (Å²) in [5.41, 5.74) is 1.30. The number of aromatic carboxylic acids is 1. The second-order valence-corrected chi connectivity index (χ2v) is 5.46. The van der Waals surface area contributed by atoms with E-state index in [1.54, 1.807) is 13.0 Å². The first kappa shape index (κ1) is 12.8. The van der Waals surface area contributed by atoms with Gasteiger partial charge in [-0.2, -0.15) is 0 Å². The molecule has 1 aliphatic carbocycles. The van der Waals surface area contributed by atoms with Crippen molar-refractivity contribution < 1.29 is 19.5 Å². The quantitative estimate of drug-likeness (QED) is 0.836. The zero-order valence-corrected chi connectivity index (χ0v) is 11.1. The second kappa shape index (κ2) is 4.44. The lowest BCUT2D eigenvalue weighted by Crippen LogP contribution is -2.32. The van der Waals surface area contributed by atoms with Crippen LogP contribution >= 0.6 is 0 Å². The molecule has 5 nitrogen and oxygen atoms in total. The van der Waals surface area contributed by atoms with Crippen molar-refractivity contribution in [2.45, 2.75) is 26.2 Å². The molecule has 2 fully saturated rings. The molecule has 20 heavy (non-hydrogen) atoms. The molecule has 1 N–H and O–H groups in total. The molecule has 2 unspecified atom stereocenters. The van der Waals surface area contributed by atoms with Crippen LogP contribution in [-0.2, 0) is 9.59 Å². The van der Waals surface area contributed by atoms with Gasteiger partial charge in [-0.25, -0.2) is 9.69 Å². The Balaban J connectivity index is 1.99. The minimum atomic E-state index is -1.02. The molecule has 2 atom stereocenters. The number of amides is 2. The number of hydrogen-bond donors (Lipinski definition) is 1. The van der Waals surface area contributed by atoms with Crippen LogP contribution in [0.1, 0.15) is 35.2 Å². The smallest absolute Gasteiger partial charge is 0.335 e. The lowest BCUT2D eigenvalue weighted by molar-refractivity contribution is -0.122. The van der Waals surface area contributed by atoms with Gasteiger partial charge in [0, 0.05) is 0 Å². The second-order valence-electron chi connectivity index (χ2n) is 5.46. The van der Waals surface area contributed by atoms with Crippen LogP contribution in [0.15, 0.2) is 18.2 Å². The number of imide groups is 1. The fourth-order valence-corrected chi connectivity index (χ4v) is 3.27. The first-order chi connectivity index (χ1) is 9.50. The van der Waals surface area contributed by atoms with Crippen LogP contribution < -0.4 is 4.90 Å². The standard InChI is InChI=1S/C15H15NO4/c1-8-7-9(15(19)20)5-6-12(8)16-13(17)10-3-2-4-11(10)14(16)18/h5-7,10-11H,2-4H2,1H3,(H,19,20). The third kappa shape index (κ3) is 1.73. The molecule has 3 rings (SSSR count). The maximum atomic E-state index is 12.4. The summed E-state index contributed by atoms with van der Waals surface area (Å²) < 4.78 is 0. The maximum Gasteiger partial charge on any atom is 0.335 e. The largest absolute Gasteiger partial charge is 0.478 e. The van der Waals surface area contributed by atoms with Gasteiger partial charge in [0.1, 0.15) is 0 Å². The molecule has 0 radical (unpaired) electrons. The van der Waals surface area contributed by atoms with Crippen LogP contribution in [0.4, 0.5) is 5.69 Å². The van der Waals surface area contributed by atoms with E-state index in [0.717, 1.165) is 19.3 Å². The molecule has 0 bridgehead atoms. The van der Waals surface area contributed by atoms with Gasteiger partial charge in [0.05, 0.1) is 23.1 Å². The average Bonchev–Trinajstić information content (AvgIpc) is 2.96. The molecular weight excluding hydrogens is 258 g/mol. The molecule has 1 aromatic rings. The zero-order chi connectivity index (χ0) is 14.4. The number of carbonyl (C=O) groups is 3. The number of aryl methyl sites for hydroxylation is 1. The van der Waals surface area contributed by atoms with Crippen molar-refractivity contribution in [3.63, 3.8) is 0 Å². The van der Waals surface area contributed by atoms with Crippen LogP contribution in [0.3, 0.4) is 0 Å². The summed E-state index contributed by atoms with van der Waals surface area (Å²) in [6.07, 6.45) is 2.48. The van der Waals surface area contributed by atoms with E-state index in [1.165, 1.54) is 17.0 Å². The fourth-order valence-electron chi connectivity index (χ4n) is 3.27. The fraction of sp³-hybridized carbons (Fsp3) is 0.400. The number of carboxylic acid groups (broad SMARTS) is 1. The van der Waals surface area contributed by atoms with Crippen molar-refractivity contribution in [3.05, 3.63) is 29.3 Å². The Morgan fingerprint density at radius 1 is 1.20 bits per heavy atom.